The summed E-state index contributed by atoms with van der Waals surface area (Å²) in [6, 6.07) is 9.75. The Labute approximate surface area is 185 Å². The number of halogens is 1. The van der Waals surface area contributed by atoms with Gasteiger partial charge >= 0.3 is 0 Å². The first-order valence-corrected chi connectivity index (χ1v) is 11.7. The van der Waals surface area contributed by atoms with Crippen molar-refractivity contribution in [2.45, 2.75) is 30.7 Å². The Hall–Kier alpha value is -2.91. The molecule has 2 heterocycles. The highest BCUT2D eigenvalue weighted by atomic mass is 35.5. The molecule has 0 radical (unpaired) electrons. The first kappa shape index (κ1) is 21.3. The van der Waals surface area contributed by atoms with E-state index in [1.54, 1.807) is 7.11 Å². The molecule has 8 nitrogen and oxygen atoms in total. The molecule has 0 atom stereocenters. The van der Waals surface area contributed by atoms with E-state index in [4.69, 9.17) is 21.3 Å². The van der Waals surface area contributed by atoms with Gasteiger partial charge in [0.2, 0.25) is 14.9 Å². The van der Waals surface area contributed by atoms with Gasteiger partial charge in [-0.15, -0.1) is 5.10 Å². The molecule has 0 aliphatic rings. The van der Waals surface area contributed by atoms with Gasteiger partial charge in [0, 0.05) is 29.6 Å². The number of sulfone groups is 1. The molecule has 10 heteroatoms. The maximum Gasteiger partial charge on any atom is 0.229 e. The summed E-state index contributed by atoms with van der Waals surface area (Å²) in [5.74, 6) is 1.34. The quantitative estimate of drug-likeness (QED) is 0.431. The van der Waals surface area contributed by atoms with Gasteiger partial charge in [-0.1, -0.05) is 16.8 Å². The van der Waals surface area contributed by atoms with Gasteiger partial charge in [0.15, 0.2) is 5.65 Å². The summed E-state index contributed by atoms with van der Waals surface area (Å²) in [5.41, 5.74) is 1.77. The highest BCUT2D eigenvalue weighted by Crippen LogP contribution is 2.33. The SMILES string of the molecule is CCN(CC)c1nc2c(S(=O)(=O)c3ccc(Cl)cc3)nnn2c2cc(OC)c(C)cc12. The second-order valence-corrected chi connectivity index (χ2v) is 9.34. The minimum atomic E-state index is -3.95. The van der Waals surface area contributed by atoms with Crippen molar-refractivity contribution >= 4 is 43.8 Å². The Morgan fingerprint density at radius 3 is 2.42 bits per heavy atom. The van der Waals surface area contributed by atoms with Crippen molar-refractivity contribution in [2.24, 2.45) is 0 Å². The second-order valence-electron chi connectivity index (χ2n) is 7.03. The van der Waals surface area contributed by atoms with Crippen molar-refractivity contribution in [3.8, 4) is 5.75 Å². The zero-order valence-corrected chi connectivity index (χ0v) is 19.2. The number of hydrogen-bond acceptors (Lipinski definition) is 7. The molecule has 0 spiro atoms. The maximum absolute atomic E-state index is 13.3. The van der Waals surface area contributed by atoms with Crippen LogP contribution in [0.3, 0.4) is 0 Å². The van der Waals surface area contributed by atoms with Crippen LogP contribution in [0.25, 0.3) is 16.6 Å². The van der Waals surface area contributed by atoms with Crippen LogP contribution >= 0.6 is 11.6 Å². The smallest absolute Gasteiger partial charge is 0.229 e. The average molecular weight is 460 g/mol. The van der Waals surface area contributed by atoms with Gasteiger partial charge in [-0.05, 0) is 56.7 Å². The third-order valence-corrected chi connectivity index (χ3v) is 7.17. The zero-order valence-electron chi connectivity index (χ0n) is 17.6. The molecule has 4 aromatic rings. The zero-order chi connectivity index (χ0) is 22.3. The van der Waals surface area contributed by atoms with E-state index < -0.39 is 9.84 Å². The molecule has 0 bridgehead atoms. The standard InChI is InChI=1S/C21H22ClN5O3S/c1-5-26(6-2)19-16-11-13(3)18(30-4)12-17(16)27-20(23-19)21(24-25-27)31(28,29)15-9-7-14(22)8-10-15/h7-12H,5-6H2,1-4H3. The number of methoxy groups -OCH3 is 1. The van der Waals surface area contributed by atoms with E-state index in [0.717, 1.165) is 10.9 Å². The number of rotatable bonds is 6. The van der Waals surface area contributed by atoms with E-state index in [-0.39, 0.29) is 15.6 Å². The van der Waals surface area contributed by atoms with Crippen molar-refractivity contribution in [1.29, 1.82) is 0 Å². The minimum Gasteiger partial charge on any atom is -0.496 e. The summed E-state index contributed by atoms with van der Waals surface area (Å²) in [7, 11) is -2.36. The molecule has 2 aromatic carbocycles. The molecule has 2 aromatic heterocycles. The van der Waals surface area contributed by atoms with E-state index in [0.29, 0.717) is 35.2 Å². The molecule has 0 unspecified atom stereocenters. The molecule has 0 N–H and O–H groups in total. The lowest BCUT2D eigenvalue weighted by Crippen LogP contribution is -2.24. The largest absolute Gasteiger partial charge is 0.496 e. The van der Waals surface area contributed by atoms with Gasteiger partial charge in [-0.2, -0.15) is 4.52 Å². The number of aromatic nitrogens is 4. The number of hydrogen-bond donors (Lipinski definition) is 0. The van der Waals surface area contributed by atoms with Gasteiger partial charge in [-0.3, -0.25) is 0 Å². The van der Waals surface area contributed by atoms with Crippen LogP contribution in [0, 0.1) is 6.92 Å². The molecular weight excluding hydrogens is 438 g/mol. The number of anilines is 1. The summed E-state index contributed by atoms with van der Waals surface area (Å²) >= 11 is 5.92. The fourth-order valence-electron chi connectivity index (χ4n) is 3.60. The molecule has 0 saturated carbocycles. The molecule has 4 rings (SSSR count). The fourth-order valence-corrected chi connectivity index (χ4v) is 4.96. The van der Waals surface area contributed by atoms with E-state index in [1.165, 1.54) is 28.8 Å². The lowest BCUT2D eigenvalue weighted by atomic mass is 10.1. The lowest BCUT2D eigenvalue weighted by Gasteiger charge is -2.22. The van der Waals surface area contributed by atoms with Crippen LogP contribution in [-0.4, -0.2) is 48.4 Å². The molecule has 0 saturated heterocycles. The normalized spacial score (nSPS) is 11.9. The summed E-state index contributed by atoms with van der Waals surface area (Å²) in [4.78, 5) is 6.87. The third-order valence-electron chi connectivity index (χ3n) is 5.25. The summed E-state index contributed by atoms with van der Waals surface area (Å²) in [6.07, 6.45) is 0. The number of aryl methyl sites for hydroxylation is 1. The number of fused-ring (bicyclic) bond motifs is 3. The summed E-state index contributed by atoms with van der Waals surface area (Å²) in [6.45, 7) is 7.42. The number of nitrogens with zero attached hydrogens (tertiary/aromatic N) is 5. The first-order valence-electron chi connectivity index (χ1n) is 9.81. The predicted octanol–water partition coefficient (Wildman–Crippen LogP) is 3.93. The van der Waals surface area contributed by atoms with E-state index >= 15 is 0 Å². The van der Waals surface area contributed by atoms with Crippen molar-refractivity contribution in [3.05, 3.63) is 47.0 Å². The second kappa shape index (κ2) is 7.97. The molecule has 31 heavy (non-hydrogen) atoms. The highest BCUT2D eigenvalue weighted by molar-refractivity contribution is 7.91. The third kappa shape index (κ3) is 3.47. The number of benzene rings is 2. The fraction of sp³-hybridized carbons (Fsp3) is 0.286. The van der Waals surface area contributed by atoms with Crippen LogP contribution in [0.1, 0.15) is 19.4 Å². The Kier molecular flexibility index (Phi) is 5.49. The molecule has 162 valence electrons. The molecule has 0 amide bonds. The topological polar surface area (TPSA) is 89.7 Å². The van der Waals surface area contributed by atoms with Gasteiger partial charge in [0.1, 0.15) is 11.6 Å². The number of ether oxygens (including phenoxy) is 1. The Morgan fingerprint density at radius 2 is 1.81 bits per heavy atom. The Bertz CT molecular complexity index is 1380. The molecule has 0 aliphatic heterocycles. The van der Waals surface area contributed by atoms with Crippen LogP contribution in [0.5, 0.6) is 5.75 Å². The van der Waals surface area contributed by atoms with E-state index in [9.17, 15) is 8.42 Å². The van der Waals surface area contributed by atoms with Gasteiger partial charge in [-0.25, -0.2) is 13.4 Å². The molecule has 0 aliphatic carbocycles. The van der Waals surface area contributed by atoms with Crippen LogP contribution < -0.4 is 9.64 Å². The van der Waals surface area contributed by atoms with Gasteiger partial charge in [0.25, 0.3) is 0 Å². The Morgan fingerprint density at radius 1 is 1.13 bits per heavy atom. The highest BCUT2D eigenvalue weighted by Gasteiger charge is 2.28. The minimum absolute atomic E-state index is 0.0760. The maximum atomic E-state index is 13.3. The summed E-state index contributed by atoms with van der Waals surface area (Å²) < 4.78 is 33.6. The van der Waals surface area contributed by atoms with E-state index in [2.05, 4.69) is 15.2 Å². The van der Waals surface area contributed by atoms with Crippen molar-refractivity contribution in [3.63, 3.8) is 0 Å². The first-order chi connectivity index (χ1) is 14.8. The average Bonchev–Trinajstić information content (AvgIpc) is 3.19. The van der Waals surface area contributed by atoms with Crippen LogP contribution in [0.15, 0.2) is 46.3 Å². The van der Waals surface area contributed by atoms with Crippen molar-refractivity contribution in [2.75, 3.05) is 25.1 Å². The predicted molar refractivity (Wildman–Crippen MR) is 120 cm³/mol. The Balaban J connectivity index is 2.08. The van der Waals surface area contributed by atoms with Crippen LogP contribution in [0.4, 0.5) is 5.82 Å². The van der Waals surface area contributed by atoms with E-state index in [1.807, 2.05) is 32.9 Å². The van der Waals surface area contributed by atoms with Gasteiger partial charge < -0.3 is 9.64 Å². The summed E-state index contributed by atoms with van der Waals surface area (Å²) in [5, 5.41) is 9.24. The van der Waals surface area contributed by atoms with Crippen molar-refractivity contribution in [1.82, 2.24) is 19.8 Å². The molecule has 0 fully saturated rings. The van der Waals surface area contributed by atoms with Crippen LogP contribution in [-0.2, 0) is 9.84 Å². The monoisotopic (exact) mass is 459 g/mol. The van der Waals surface area contributed by atoms with Gasteiger partial charge in [0.05, 0.1) is 17.5 Å². The van der Waals surface area contributed by atoms with Crippen molar-refractivity contribution < 1.29 is 13.2 Å². The lowest BCUT2D eigenvalue weighted by molar-refractivity contribution is 0.412. The molecular formula is C21H22ClN5O3S. The van der Waals surface area contributed by atoms with Crippen LogP contribution in [0.2, 0.25) is 5.02 Å².